The number of pyridine rings is 1. The number of rotatable bonds is 4. The van der Waals surface area contributed by atoms with Crippen molar-refractivity contribution in [2.24, 2.45) is 0 Å². The number of fused-ring (bicyclic) bond motifs is 3. The fourth-order valence-corrected chi connectivity index (χ4v) is 3.80. The van der Waals surface area contributed by atoms with Gasteiger partial charge in [-0.25, -0.2) is 0 Å². The van der Waals surface area contributed by atoms with E-state index >= 15 is 0 Å². The van der Waals surface area contributed by atoms with Crippen LogP contribution in [0.2, 0.25) is 5.02 Å². The number of hydrogen-bond donors (Lipinski definition) is 0. The number of nitrogens with zero attached hydrogens (tertiary/aromatic N) is 3. The van der Waals surface area contributed by atoms with E-state index in [1.807, 2.05) is 48.5 Å². The molecule has 2 aliphatic heterocycles. The van der Waals surface area contributed by atoms with Crippen molar-refractivity contribution in [1.82, 2.24) is 14.8 Å². The topological polar surface area (TPSA) is 39.9 Å². The molecule has 2 aliphatic rings. The molecule has 0 spiro atoms. The van der Waals surface area contributed by atoms with E-state index < -0.39 is 0 Å². The van der Waals surface area contributed by atoms with E-state index in [-0.39, 0.29) is 0 Å². The highest BCUT2D eigenvalue weighted by molar-refractivity contribution is 6.30. The van der Waals surface area contributed by atoms with E-state index in [1.54, 1.807) is 7.11 Å². The monoisotopic (exact) mass is 399 g/mol. The fourth-order valence-electron chi connectivity index (χ4n) is 3.67. The van der Waals surface area contributed by atoms with Gasteiger partial charge in [0.05, 0.1) is 12.6 Å². The number of para-hydroxylation sites is 1. The van der Waals surface area contributed by atoms with Gasteiger partial charge in [-0.05, 0) is 48.0 Å². The van der Waals surface area contributed by atoms with E-state index in [0.29, 0.717) is 0 Å². The van der Waals surface area contributed by atoms with Crippen LogP contribution in [0.4, 0.5) is 0 Å². The van der Waals surface area contributed by atoms with Gasteiger partial charge in [0.2, 0.25) is 0 Å². The Kier molecular flexibility index (Phi) is 4.41. The minimum absolute atomic E-state index is 0.737. The average Bonchev–Trinajstić information content (AvgIpc) is 3.19. The van der Waals surface area contributed by atoms with E-state index in [1.165, 1.54) is 5.56 Å². The minimum atomic E-state index is 0.737. The normalized spacial score (nSPS) is 11.2. The van der Waals surface area contributed by atoms with Crippen molar-refractivity contribution in [1.29, 1.82) is 0 Å². The molecule has 0 N–H and O–H groups in total. The molecule has 2 heterocycles. The highest BCUT2D eigenvalue weighted by Crippen LogP contribution is 2.37. The Morgan fingerprint density at radius 3 is 2.34 bits per heavy atom. The standard InChI is InChI=1S/C24H18ClN3O/c1-29-19-12-8-17(9-13-19)23-21-15-28(14-16-6-10-18(25)11-7-16)22-5-3-2-4-20(22)24(21)27-26-23/h2-13,15H,14H2,1H3. The van der Waals surface area contributed by atoms with Gasteiger partial charge in [0, 0.05) is 34.3 Å². The van der Waals surface area contributed by atoms with Crippen molar-refractivity contribution in [3.8, 4) is 28.3 Å². The summed E-state index contributed by atoms with van der Waals surface area (Å²) in [7, 11) is 1.67. The van der Waals surface area contributed by atoms with Gasteiger partial charge >= 0.3 is 0 Å². The molecular formula is C24H18ClN3O. The highest BCUT2D eigenvalue weighted by atomic mass is 35.5. The Labute approximate surface area is 173 Å². The van der Waals surface area contributed by atoms with Gasteiger partial charge in [0.25, 0.3) is 0 Å². The number of aromatic nitrogens is 3. The summed E-state index contributed by atoms with van der Waals surface area (Å²) in [6.07, 6.45) is 2.14. The lowest BCUT2D eigenvalue weighted by Gasteiger charge is -2.15. The van der Waals surface area contributed by atoms with Crippen LogP contribution >= 0.6 is 11.6 Å². The van der Waals surface area contributed by atoms with Crippen LogP contribution in [0.5, 0.6) is 5.75 Å². The first-order chi connectivity index (χ1) is 14.2. The molecule has 0 unspecified atom stereocenters. The van der Waals surface area contributed by atoms with Gasteiger partial charge < -0.3 is 9.30 Å². The van der Waals surface area contributed by atoms with E-state index in [2.05, 4.69) is 45.2 Å². The first kappa shape index (κ1) is 17.7. The SMILES string of the molecule is COc1ccc(-c2nnc3c4ccccc4n(Cc4ccc(Cl)cc4)cc2-3)cc1. The van der Waals surface area contributed by atoms with Gasteiger partial charge in [0.1, 0.15) is 17.1 Å². The molecule has 3 aromatic carbocycles. The zero-order valence-electron chi connectivity index (χ0n) is 15.8. The third-order valence-electron chi connectivity index (χ3n) is 5.14. The summed E-state index contributed by atoms with van der Waals surface area (Å²) >= 11 is 6.05. The van der Waals surface area contributed by atoms with Crippen molar-refractivity contribution in [3.63, 3.8) is 0 Å². The highest BCUT2D eigenvalue weighted by Gasteiger charge is 2.20. The summed E-state index contributed by atoms with van der Waals surface area (Å²) < 4.78 is 7.52. The third kappa shape index (κ3) is 3.22. The summed E-state index contributed by atoms with van der Waals surface area (Å²) in [6, 6.07) is 24.2. The molecule has 0 saturated carbocycles. The number of methoxy groups -OCH3 is 1. The minimum Gasteiger partial charge on any atom is -0.497 e. The summed E-state index contributed by atoms with van der Waals surface area (Å²) in [5.74, 6) is 0.820. The Hall–Kier alpha value is -3.37. The van der Waals surface area contributed by atoms with E-state index in [4.69, 9.17) is 16.3 Å². The second-order valence-corrected chi connectivity index (χ2v) is 7.38. The first-order valence-electron chi connectivity index (χ1n) is 9.36. The molecule has 0 aromatic heterocycles. The zero-order valence-corrected chi connectivity index (χ0v) is 16.6. The van der Waals surface area contributed by atoms with E-state index in [9.17, 15) is 0 Å². The summed E-state index contributed by atoms with van der Waals surface area (Å²) in [4.78, 5) is 0. The lowest BCUT2D eigenvalue weighted by atomic mass is 10.0. The zero-order chi connectivity index (χ0) is 19.8. The number of benzene rings is 3. The van der Waals surface area contributed by atoms with Gasteiger partial charge in [-0.2, -0.15) is 0 Å². The molecule has 5 rings (SSSR count). The Balaban J connectivity index is 1.68. The smallest absolute Gasteiger partial charge is 0.118 e. The molecule has 0 aliphatic carbocycles. The number of halogens is 1. The molecule has 0 radical (unpaired) electrons. The average molecular weight is 400 g/mol. The summed E-state index contributed by atoms with van der Waals surface area (Å²) in [5, 5.41) is 10.9. The Morgan fingerprint density at radius 2 is 1.59 bits per heavy atom. The first-order valence-corrected chi connectivity index (χ1v) is 9.74. The number of hydrogen-bond acceptors (Lipinski definition) is 3. The molecule has 0 atom stereocenters. The van der Waals surface area contributed by atoms with Crippen LogP contribution in [0, 0.1) is 0 Å². The van der Waals surface area contributed by atoms with Crippen LogP contribution in [-0.4, -0.2) is 21.9 Å². The summed E-state index contributed by atoms with van der Waals surface area (Å²) in [6.45, 7) is 0.737. The van der Waals surface area contributed by atoms with Crippen LogP contribution in [-0.2, 0) is 6.54 Å². The van der Waals surface area contributed by atoms with Crippen molar-refractivity contribution in [2.75, 3.05) is 7.11 Å². The van der Waals surface area contributed by atoms with Crippen LogP contribution in [0.15, 0.2) is 79.0 Å². The predicted molar refractivity (Wildman–Crippen MR) is 117 cm³/mol. The van der Waals surface area contributed by atoms with Gasteiger partial charge in [-0.1, -0.05) is 41.9 Å². The van der Waals surface area contributed by atoms with Crippen molar-refractivity contribution in [3.05, 3.63) is 89.6 Å². The molecule has 142 valence electrons. The van der Waals surface area contributed by atoms with Crippen molar-refractivity contribution >= 4 is 22.5 Å². The van der Waals surface area contributed by atoms with Crippen LogP contribution in [0.3, 0.4) is 0 Å². The maximum absolute atomic E-state index is 6.05. The third-order valence-corrected chi connectivity index (χ3v) is 5.40. The van der Waals surface area contributed by atoms with Gasteiger partial charge in [-0.3, -0.25) is 0 Å². The summed E-state index contributed by atoms with van der Waals surface area (Å²) in [5.41, 5.74) is 6.14. The van der Waals surface area contributed by atoms with Gasteiger partial charge in [0.15, 0.2) is 0 Å². The molecule has 29 heavy (non-hydrogen) atoms. The molecule has 0 fully saturated rings. The van der Waals surface area contributed by atoms with Crippen LogP contribution in [0.1, 0.15) is 5.56 Å². The molecule has 4 nitrogen and oxygen atoms in total. The maximum atomic E-state index is 6.05. The second-order valence-electron chi connectivity index (χ2n) is 6.94. The quantitative estimate of drug-likeness (QED) is 0.377. The lowest BCUT2D eigenvalue weighted by molar-refractivity contribution is 0.415. The lowest BCUT2D eigenvalue weighted by Crippen LogP contribution is -2.04. The Bertz CT molecular complexity index is 1260. The molecular weight excluding hydrogens is 382 g/mol. The molecule has 0 amide bonds. The largest absolute Gasteiger partial charge is 0.497 e. The number of ether oxygens (including phenoxy) is 1. The maximum Gasteiger partial charge on any atom is 0.118 e. The molecule has 0 saturated heterocycles. The fraction of sp³-hybridized carbons (Fsp3) is 0.0833. The Morgan fingerprint density at radius 1 is 0.862 bits per heavy atom. The molecule has 3 aromatic rings. The molecule has 5 heteroatoms. The molecule has 0 bridgehead atoms. The van der Waals surface area contributed by atoms with E-state index in [0.717, 1.165) is 50.7 Å². The van der Waals surface area contributed by atoms with Crippen molar-refractivity contribution in [2.45, 2.75) is 6.54 Å². The second kappa shape index (κ2) is 7.22. The van der Waals surface area contributed by atoms with Crippen LogP contribution < -0.4 is 4.74 Å². The van der Waals surface area contributed by atoms with Crippen LogP contribution in [0.25, 0.3) is 33.4 Å². The van der Waals surface area contributed by atoms with Gasteiger partial charge in [-0.15, -0.1) is 10.2 Å². The van der Waals surface area contributed by atoms with Crippen molar-refractivity contribution < 1.29 is 4.74 Å². The predicted octanol–water partition coefficient (Wildman–Crippen LogP) is 5.91.